The topological polar surface area (TPSA) is 78.0 Å². The number of hydrogen-bond donors (Lipinski definition) is 3. The quantitative estimate of drug-likeness (QED) is 0.803. The van der Waals surface area contributed by atoms with Gasteiger partial charge >= 0.3 is 0 Å². The molecule has 3 N–H and O–H groups in total. The van der Waals surface area contributed by atoms with E-state index in [9.17, 15) is 9.90 Å². The van der Waals surface area contributed by atoms with E-state index in [1.165, 1.54) is 12.8 Å². The molecule has 116 valence electrons. The van der Waals surface area contributed by atoms with Gasteiger partial charge in [0.2, 0.25) is 5.91 Å². The Kier molecular flexibility index (Phi) is 3.37. The molecule has 1 aromatic heterocycles. The Balaban J connectivity index is 1.47. The smallest absolute Gasteiger partial charge is 0.226 e. The summed E-state index contributed by atoms with van der Waals surface area (Å²) >= 11 is 0. The van der Waals surface area contributed by atoms with Crippen molar-refractivity contribution in [3.63, 3.8) is 0 Å². The fourth-order valence-electron chi connectivity index (χ4n) is 4.44. The standard InChI is InChI=1S/C17H21N3O2/c21-9-13-10-5-6-11(7-10)17(13)18-16(22)8-15-12-3-1-2-4-14(12)19-20-15/h1-4,10-11,13,17,21H,5-9H2,(H,18,22)(H,19,20). The molecule has 2 aliphatic rings. The van der Waals surface area contributed by atoms with Crippen LogP contribution >= 0.6 is 0 Å². The van der Waals surface area contributed by atoms with Crippen LogP contribution in [0.15, 0.2) is 24.3 Å². The lowest BCUT2D eigenvalue weighted by Gasteiger charge is -2.30. The van der Waals surface area contributed by atoms with Crippen molar-refractivity contribution in [1.82, 2.24) is 15.5 Å². The van der Waals surface area contributed by atoms with E-state index < -0.39 is 0 Å². The van der Waals surface area contributed by atoms with Gasteiger partial charge in [-0.1, -0.05) is 18.2 Å². The van der Waals surface area contributed by atoms with Crippen LogP contribution in [-0.4, -0.2) is 33.9 Å². The number of fused-ring (bicyclic) bond motifs is 3. The molecule has 5 heteroatoms. The van der Waals surface area contributed by atoms with E-state index >= 15 is 0 Å². The summed E-state index contributed by atoms with van der Waals surface area (Å²) in [5.41, 5.74) is 1.75. The maximum absolute atomic E-state index is 12.4. The zero-order chi connectivity index (χ0) is 15.1. The van der Waals surface area contributed by atoms with Crippen LogP contribution in [0.1, 0.15) is 25.0 Å². The van der Waals surface area contributed by atoms with Gasteiger partial charge < -0.3 is 10.4 Å². The van der Waals surface area contributed by atoms with Gasteiger partial charge in [0, 0.05) is 24.0 Å². The molecule has 2 saturated carbocycles. The average molecular weight is 299 g/mol. The Morgan fingerprint density at radius 3 is 3.00 bits per heavy atom. The number of aromatic nitrogens is 2. The zero-order valence-electron chi connectivity index (χ0n) is 12.5. The van der Waals surface area contributed by atoms with Gasteiger partial charge in [-0.3, -0.25) is 9.89 Å². The van der Waals surface area contributed by atoms with Crippen LogP contribution in [0.4, 0.5) is 0 Å². The summed E-state index contributed by atoms with van der Waals surface area (Å²) in [5, 5.41) is 21.0. The van der Waals surface area contributed by atoms with Gasteiger partial charge in [-0.2, -0.15) is 5.10 Å². The lowest BCUT2D eigenvalue weighted by Crippen LogP contribution is -2.45. The zero-order valence-corrected chi connectivity index (χ0v) is 12.5. The van der Waals surface area contributed by atoms with Crippen molar-refractivity contribution in [2.24, 2.45) is 17.8 Å². The number of carbonyl (C=O) groups is 1. The number of H-pyrrole nitrogens is 1. The summed E-state index contributed by atoms with van der Waals surface area (Å²) in [7, 11) is 0. The molecule has 22 heavy (non-hydrogen) atoms. The van der Waals surface area contributed by atoms with Gasteiger partial charge in [0.15, 0.2) is 0 Å². The number of rotatable bonds is 4. The maximum atomic E-state index is 12.4. The Bertz CT molecular complexity index is 696. The molecule has 0 aliphatic heterocycles. The van der Waals surface area contributed by atoms with Crippen molar-refractivity contribution in [3.8, 4) is 0 Å². The molecular formula is C17H21N3O2. The van der Waals surface area contributed by atoms with Crippen LogP contribution in [0.2, 0.25) is 0 Å². The number of aliphatic hydroxyl groups excluding tert-OH is 1. The summed E-state index contributed by atoms with van der Waals surface area (Å²) in [6, 6.07) is 7.96. The summed E-state index contributed by atoms with van der Waals surface area (Å²) in [6.45, 7) is 0.180. The van der Waals surface area contributed by atoms with Crippen molar-refractivity contribution in [3.05, 3.63) is 30.0 Å². The Morgan fingerprint density at radius 1 is 1.32 bits per heavy atom. The summed E-state index contributed by atoms with van der Waals surface area (Å²) in [4.78, 5) is 12.4. The highest BCUT2D eigenvalue weighted by molar-refractivity contribution is 5.87. The third kappa shape index (κ3) is 2.20. The van der Waals surface area contributed by atoms with Crippen LogP contribution in [0, 0.1) is 17.8 Å². The molecule has 0 saturated heterocycles. The number of hydrogen-bond acceptors (Lipinski definition) is 3. The lowest BCUT2D eigenvalue weighted by atomic mass is 9.85. The fourth-order valence-corrected chi connectivity index (χ4v) is 4.44. The molecule has 1 amide bonds. The average Bonchev–Trinajstić information content (AvgIpc) is 3.22. The molecular weight excluding hydrogens is 278 g/mol. The van der Waals surface area contributed by atoms with Crippen molar-refractivity contribution in [1.29, 1.82) is 0 Å². The third-order valence-corrected chi connectivity index (χ3v) is 5.50. The number of carbonyl (C=O) groups excluding carboxylic acids is 1. The first-order valence-corrected chi connectivity index (χ1v) is 8.08. The monoisotopic (exact) mass is 299 g/mol. The van der Waals surface area contributed by atoms with E-state index in [-0.39, 0.29) is 24.5 Å². The molecule has 1 aromatic carbocycles. The van der Waals surface area contributed by atoms with E-state index in [4.69, 9.17) is 0 Å². The van der Waals surface area contributed by atoms with Crippen molar-refractivity contribution < 1.29 is 9.90 Å². The minimum Gasteiger partial charge on any atom is -0.396 e. The molecule has 2 aromatic rings. The first-order valence-electron chi connectivity index (χ1n) is 8.08. The fraction of sp³-hybridized carbons (Fsp3) is 0.529. The number of nitrogens with zero attached hydrogens (tertiary/aromatic N) is 1. The lowest BCUT2D eigenvalue weighted by molar-refractivity contribution is -0.122. The Morgan fingerprint density at radius 2 is 2.14 bits per heavy atom. The first-order chi connectivity index (χ1) is 10.8. The summed E-state index contributed by atoms with van der Waals surface area (Å²) in [6.07, 6.45) is 3.85. The van der Waals surface area contributed by atoms with Crippen LogP contribution in [-0.2, 0) is 11.2 Å². The van der Waals surface area contributed by atoms with Gasteiger partial charge in [0.1, 0.15) is 0 Å². The van der Waals surface area contributed by atoms with E-state index in [1.807, 2.05) is 24.3 Å². The normalized spacial score (nSPS) is 30.0. The summed E-state index contributed by atoms with van der Waals surface area (Å²) < 4.78 is 0. The number of amides is 1. The van der Waals surface area contributed by atoms with E-state index in [0.717, 1.165) is 23.0 Å². The van der Waals surface area contributed by atoms with Crippen molar-refractivity contribution >= 4 is 16.8 Å². The highest BCUT2D eigenvalue weighted by atomic mass is 16.3. The second-order valence-electron chi connectivity index (χ2n) is 6.67. The molecule has 4 rings (SSSR count). The Hall–Kier alpha value is -1.88. The van der Waals surface area contributed by atoms with Crippen LogP contribution in [0.5, 0.6) is 0 Å². The molecule has 0 radical (unpaired) electrons. The molecule has 2 fully saturated rings. The van der Waals surface area contributed by atoms with Gasteiger partial charge in [0.25, 0.3) is 0 Å². The largest absolute Gasteiger partial charge is 0.396 e. The molecule has 0 spiro atoms. The van der Waals surface area contributed by atoms with E-state index in [2.05, 4.69) is 15.5 Å². The van der Waals surface area contributed by atoms with E-state index in [1.54, 1.807) is 0 Å². The minimum atomic E-state index is 0.0189. The minimum absolute atomic E-state index is 0.0189. The number of aromatic amines is 1. The predicted octanol–water partition coefficient (Wildman–Crippen LogP) is 1.63. The van der Waals surface area contributed by atoms with Gasteiger partial charge in [0.05, 0.1) is 17.6 Å². The molecule has 1 heterocycles. The maximum Gasteiger partial charge on any atom is 0.226 e. The van der Waals surface area contributed by atoms with Gasteiger partial charge in [-0.25, -0.2) is 0 Å². The molecule has 4 atom stereocenters. The van der Waals surface area contributed by atoms with Gasteiger partial charge in [-0.15, -0.1) is 0 Å². The Labute approximate surface area is 129 Å². The number of aliphatic hydroxyl groups is 1. The number of para-hydroxylation sites is 1. The second-order valence-corrected chi connectivity index (χ2v) is 6.67. The van der Waals surface area contributed by atoms with Crippen molar-refractivity contribution in [2.75, 3.05) is 6.61 Å². The van der Waals surface area contributed by atoms with Crippen LogP contribution in [0.25, 0.3) is 10.9 Å². The second kappa shape index (κ2) is 5.39. The molecule has 2 aliphatic carbocycles. The number of nitrogens with one attached hydrogen (secondary N) is 2. The van der Waals surface area contributed by atoms with E-state index in [0.29, 0.717) is 18.3 Å². The summed E-state index contributed by atoms with van der Waals surface area (Å²) in [5.74, 6) is 1.39. The first kappa shape index (κ1) is 13.8. The van der Waals surface area contributed by atoms with Crippen LogP contribution < -0.4 is 5.32 Å². The number of benzene rings is 1. The molecule has 4 unspecified atom stereocenters. The molecule has 2 bridgehead atoms. The van der Waals surface area contributed by atoms with Crippen LogP contribution in [0.3, 0.4) is 0 Å². The molecule has 5 nitrogen and oxygen atoms in total. The SMILES string of the molecule is O=C(Cc1[nH]nc2ccccc12)NC1C2CCC(C2)C1CO. The highest BCUT2D eigenvalue weighted by Crippen LogP contribution is 2.48. The third-order valence-electron chi connectivity index (χ3n) is 5.50. The highest BCUT2D eigenvalue weighted by Gasteiger charge is 2.47. The predicted molar refractivity (Wildman–Crippen MR) is 83.1 cm³/mol. The van der Waals surface area contributed by atoms with Crippen molar-refractivity contribution in [2.45, 2.75) is 31.7 Å². The van der Waals surface area contributed by atoms with Gasteiger partial charge in [-0.05, 0) is 37.2 Å².